The molecule has 1 aromatic rings. The summed E-state index contributed by atoms with van der Waals surface area (Å²) in [6.45, 7) is 2.29. The molecule has 1 heterocycles. The summed E-state index contributed by atoms with van der Waals surface area (Å²) in [5.41, 5.74) is 0. The molecule has 2 unspecified atom stereocenters. The fourth-order valence-corrected chi connectivity index (χ4v) is 2.56. The maximum Gasteiger partial charge on any atom is 0.224 e. The molecule has 1 aromatic heterocycles. The topological polar surface area (TPSA) is 49.8 Å². The average molecular weight is 234 g/mol. The van der Waals surface area contributed by atoms with Crippen LogP contribution in [0.4, 0.5) is 11.8 Å². The van der Waals surface area contributed by atoms with Crippen molar-refractivity contribution in [1.29, 1.82) is 0 Å². The van der Waals surface area contributed by atoms with E-state index in [0.717, 1.165) is 11.7 Å². The van der Waals surface area contributed by atoms with Crippen molar-refractivity contribution in [2.45, 2.75) is 45.1 Å². The van der Waals surface area contributed by atoms with E-state index in [9.17, 15) is 0 Å². The van der Waals surface area contributed by atoms with Crippen molar-refractivity contribution in [2.75, 3.05) is 17.7 Å². The van der Waals surface area contributed by atoms with Gasteiger partial charge in [-0.3, -0.25) is 0 Å². The second kappa shape index (κ2) is 5.84. The van der Waals surface area contributed by atoms with Gasteiger partial charge < -0.3 is 10.6 Å². The van der Waals surface area contributed by atoms with E-state index in [1.54, 1.807) is 6.20 Å². The zero-order chi connectivity index (χ0) is 12.1. The van der Waals surface area contributed by atoms with Crippen molar-refractivity contribution >= 4 is 11.8 Å². The van der Waals surface area contributed by atoms with Gasteiger partial charge in [0.05, 0.1) is 0 Å². The Bertz CT molecular complexity index is 353. The minimum absolute atomic E-state index is 0.577. The van der Waals surface area contributed by atoms with Crippen LogP contribution in [0.2, 0.25) is 0 Å². The summed E-state index contributed by atoms with van der Waals surface area (Å²) in [6.07, 6.45) is 8.34. The van der Waals surface area contributed by atoms with E-state index >= 15 is 0 Å². The standard InChI is InChI=1S/C13H22N4/c1-3-10-5-4-6-11(9-10)16-12-7-8-15-13(14-2)17-12/h7-8,10-11H,3-6,9H2,1-2H3,(H2,14,15,16,17). The van der Waals surface area contributed by atoms with Crippen LogP contribution in [0, 0.1) is 5.92 Å². The molecular formula is C13H22N4. The summed E-state index contributed by atoms with van der Waals surface area (Å²) in [6, 6.07) is 2.52. The minimum Gasteiger partial charge on any atom is -0.367 e. The molecule has 0 amide bonds. The molecule has 4 heteroatoms. The third kappa shape index (κ3) is 3.32. The van der Waals surface area contributed by atoms with Crippen LogP contribution in [0.3, 0.4) is 0 Å². The summed E-state index contributed by atoms with van der Waals surface area (Å²) in [5, 5.41) is 6.49. The number of anilines is 2. The van der Waals surface area contributed by atoms with E-state index in [1.165, 1.54) is 32.1 Å². The Morgan fingerprint density at radius 3 is 3.06 bits per heavy atom. The zero-order valence-corrected chi connectivity index (χ0v) is 10.7. The molecule has 2 rings (SSSR count). The third-order valence-electron chi connectivity index (χ3n) is 3.59. The highest BCUT2D eigenvalue weighted by molar-refractivity contribution is 5.40. The van der Waals surface area contributed by atoms with Crippen molar-refractivity contribution in [3.8, 4) is 0 Å². The Morgan fingerprint density at radius 1 is 1.41 bits per heavy atom. The van der Waals surface area contributed by atoms with Gasteiger partial charge in [-0.25, -0.2) is 4.98 Å². The first-order chi connectivity index (χ1) is 8.31. The molecule has 0 aliphatic heterocycles. The van der Waals surface area contributed by atoms with E-state index in [-0.39, 0.29) is 0 Å². The van der Waals surface area contributed by atoms with Crippen LogP contribution in [0.25, 0.3) is 0 Å². The van der Waals surface area contributed by atoms with Gasteiger partial charge in [0.25, 0.3) is 0 Å². The van der Waals surface area contributed by atoms with Crippen LogP contribution in [0.5, 0.6) is 0 Å². The largest absolute Gasteiger partial charge is 0.367 e. The third-order valence-corrected chi connectivity index (χ3v) is 3.59. The molecule has 0 aromatic carbocycles. The molecule has 4 nitrogen and oxygen atoms in total. The van der Waals surface area contributed by atoms with Gasteiger partial charge in [-0.05, 0) is 24.8 Å². The number of nitrogens with zero attached hydrogens (tertiary/aromatic N) is 2. The predicted octanol–water partition coefficient (Wildman–Crippen LogP) is 2.90. The summed E-state index contributed by atoms with van der Waals surface area (Å²) in [4.78, 5) is 8.52. The van der Waals surface area contributed by atoms with Gasteiger partial charge in [0.2, 0.25) is 5.95 Å². The molecule has 94 valence electrons. The number of rotatable bonds is 4. The van der Waals surface area contributed by atoms with Gasteiger partial charge in [-0.1, -0.05) is 26.2 Å². The van der Waals surface area contributed by atoms with Gasteiger partial charge in [0, 0.05) is 19.3 Å². The van der Waals surface area contributed by atoms with Gasteiger partial charge in [0.15, 0.2) is 0 Å². The fourth-order valence-electron chi connectivity index (χ4n) is 2.56. The molecule has 2 N–H and O–H groups in total. The van der Waals surface area contributed by atoms with Crippen molar-refractivity contribution in [3.63, 3.8) is 0 Å². The van der Waals surface area contributed by atoms with Gasteiger partial charge >= 0.3 is 0 Å². The highest BCUT2D eigenvalue weighted by Gasteiger charge is 2.20. The van der Waals surface area contributed by atoms with Crippen molar-refractivity contribution in [1.82, 2.24) is 9.97 Å². The summed E-state index contributed by atoms with van der Waals surface area (Å²) in [7, 11) is 1.84. The Kier molecular flexibility index (Phi) is 4.18. The maximum atomic E-state index is 4.40. The van der Waals surface area contributed by atoms with Gasteiger partial charge in [-0.15, -0.1) is 0 Å². The van der Waals surface area contributed by atoms with Crippen molar-refractivity contribution < 1.29 is 0 Å². The lowest BCUT2D eigenvalue weighted by molar-refractivity contribution is 0.327. The number of nitrogens with one attached hydrogen (secondary N) is 2. The Balaban J connectivity index is 1.95. The van der Waals surface area contributed by atoms with Crippen LogP contribution in [-0.4, -0.2) is 23.1 Å². The van der Waals surface area contributed by atoms with Crippen molar-refractivity contribution in [3.05, 3.63) is 12.3 Å². The highest BCUT2D eigenvalue weighted by atomic mass is 15.1. The summed E-state index contributed by atoms with van der Waals surface area (Å²) < 4.78 is 0. The Morgan fingerprint density at radius 2 is 2.29 bits per heavy atom. The smallest absolute Gasteiger partial charge is 0.224 e. The minimum atomic E-state index is 0.577. The van der Waals surface area contributed by atoms with E-state index in [0.29, 0.717) is 12.0 Å². The lowest BCUT2D eigenvalue weighted by atomic mass is 9.84. The lowest BCUT2D eigenvalue weighted by Crippen LogP contribution is -2.27. The van der Waals surface area contributed by atoms with Gasteiger partial charge in [-0.2, -0.15) is 4.98 Å². The molecule has 17 heavy (non-hydrogen) atoms. The van der Waals surface area contributed by atoms with Crippen LogP contribution in [-0.2, 0) is 0 Å². The number of hydrogen-bond acceptors (Lipinski definition) is 4. The molecule has 1 aliphatic carbocycles. The SMILES string of the molecule is CCC1CCCC(Nc2ccnc(NC)n2)C1. The second-order valence-electron chi connectivity index (χ2n) is 4.80. The predicted molar refractivity (Wildman–Crippen MR) is 71.2 cm³/mol. The second-order valence-corrected chi connectivity index (χ2v) is 4.80. The molecule has 0 spiro atoms. The van der Waals surface area contributed by atoms with Crippen LogP contribution in [0.1, 0.15) is 39.0 Å². The molecule has 1 fully saturated rings. The van der Waals surface area contributed by atoms with E-state index in [4.69, 9.17) is 0 Å². The summed E-state index contributed by atoms with van der Waals surface area (Å²) >= 11 is 0. The Hall–Kier alpha value is -1.32. The lowest BCUT2D eigenvalue weighted by Gasteiger charge is -2.29. The Labute approximate surface area is 103 Å². The number of aromatic nitrogens is 2. The first-order valence-corrected chi connectivity index (χ1v) is 6.59. The first-order valence-electron chi connectivity index (χ1n) is 6.59. The highest BCUT2D eigenvalue weighted by Crippen LogP contribution is 2.28. The van der Waals surface area contributed by atoms with E-state index < -0.39 is 0 Å². The normalized spacial score (nSPS) is 24.4. The zero-order valence-electron chi connectivity index (χ0n) is 10.7. The molecule has 0 bridgehead atoms. The van der Waals surface area contributed by atoms with Crippen LogP contribution >= 0.6 is 0 Å². The van der Waals surface area contributed by atoms with Crippen molar-refractivity contribution in [2.24, 2.45) is 5.92 Å². The van der Waals surface area contributed by atoms with Crippen LogP contribution in [0.15, 0.2) is 12.3 Å². The number of hydrogen-bond donors (Lipinski definition) is 2. The van der Waals surface area contributed by atoms with Gasteiger partial charge in [0.1, 0.15) is 5.82 Å². The van der Waals surface area contributed by atoms with E-state index in [1.807, 2.05) is 13.1 Å². The van der Waals surface area contributed by atoms with E-state index in [2.05, 4.69) is 27.5 Å². The molecule has 1 saturated carbocycles. The molecular weight excluding hydrogens is 212 g/mol. The first kappa shape index (κ1) is 12.1. The molecule has 2 atom stereocenters. The maximum absolute atomic E-state index is 4.40. The monoisotopic (exact) mass is 234 g/mol. The average Bonchev–Trinajstić information content (AvgIpc) is 2.39. The quantitative estimate of drug-likeness (QED) is 0.841. The fraction of sp³-hybridized carbons (Fsp3) is 0.692. The molecule has 1 aliphatic rings. The summed E-state index contributed by atoms with van der Waals surface area (Å²) in [5.74, 6) is 2.50. The molecule has 0 saturated heterocycles. The van der Waals surface area contributed by atoms with Crippen LogP contribution < -0.4 is 10.6 Å². The molecule has 0 radical (unpaired) electrons.